The van der Waals surface area contributed by atoms with Gasteiger partial charge in [-0.1, -0.05) is 0 Å². The monoisotopic (exact) mass is 387 g/mol. The molecule has 8 nitrogen and oxygen atoms in total. The SMILES string of the molecule is CC1Oc2ccc(NC(=O)N3C[C@@H](C(F)(F)F)[C@H](C(=O)O)C3)cc2NC1=O. The zero-order valence-electron chi connectivity index (χ0n) is 14.0. The van der Waals surface area contributed by atoms with Gasteiger partial charge in [0.15, 0.2) is 6.10 Å². The molecule has 11 heteroatoms. The lowest BCUT2D eigenvalue weighted by molar-refractivity contribution is -0.187. The van der Waals surface area contributed by atoms with Crippen LogP contribution >= 0.6 is 0 Å². The van der Waals surface area contributed by atoms with Crippen LogP contribution < -0.4 is 15.4 Å². The minimum atomic E-state index is -4.72. The van der Waals surface area contributed by atoms with Crippen molar-refractivity contribution in [1.29, 1.82) is 0 Å². The van der Waals surface area contributed by atoms with Crippen molar-refractivity contribution in [2.24, 2.45) is 11.8 Å². The largest absolute Gasteiger partial charge is 0.481 e. The number of aliphatic carboxylic acids is 1. The van der Waals surface area contributed by atoms with Gasteiger partial charge < -0.3 is 25.4 Å². The van der Waals surface area contributed by atoms with Crippen LogP contribution in [0.3, 0.4) is 0 Å². The first kappa shape index (κ1) is 18.8. The molecule has 1 unspecified atom stereocenters. The fourth-order valence-electron chi connectivity index (χ4n) is 3.04. The number of nitrogens with zero attached hydrogens (tertiary/aromatic N) is 1. The first-order valence-corrected chi connectivity index (χ1v) is 8.03. The van der Waals surface area contributed by atoms with Gasteiger partial charge in [0.1, 0.15) is 5.75 Å². The second-order valence-electron chi connectivity index (χ2n) is 6.39. The highest BCUT2D eigenvalue weighted by Crippen LogP contribution is 2.38. The van der Waals surface area contributed by atoms with Crippen molar-refractivity contribution in [3.8, 4) is 5.75 Å². The number of anilines is 2. The molecule has 0 saturated carbocycles. The second kappa shape index (κ2) is 6.63. The molecule has 3 atom stereocenters. The van der Waals surface area contributed by atoms with E-state index in [4.69, 9.17) is 9.84 Å². The Bertz CT molecular complexity index is 798. The van der Waals surface area contributed by atoms with Crippen LogP contribution in [0.2, 0.25) is 0 Å². The molecule has 1 saturated heterocycles. The highest BCUT2D eigenvalue weighted by atomic mass is 19.4. The number of hydrogen-bond donors (Lipinski definition) is 3. The summed E-state index contributed by atoms with van der Waals surface area (Å²) in [6.07, 6.45) is -5.39. The van der Waals surface area contributed by atoms with Gasteiger partial charge in [-0.15, -0.1) is 0 Å². The Morgan fingerprint density at radius 1 is 1.33 bits per heavy atom. The molecule has 1 aromatic rings. The number of carbonyl (C=O) groups excluding carboxylic acids is 2. The summed E-state index contributed by atoms with van der Waals surface area (Å²) in [5.41, 5.74) is 0.536. The highest BCUT2D eigenvalue weighted by molar-refractivity contribution is 5.99. The number of halogens is 3. The highest BCUT2D eigenvalue weighted by Gasteiger charge is 2.53. The maximum atomic E-state index is 13.0. The maximum Gasteiger partial charge on any atom is 0.394 e. The zero-order chi connectivity index (χ0) is 19.9. The minimum absolute atomic E-state index is 0.222. The van der Waals surface area contributed by atoms with Crippen molar-refractivity contribution >= 4 is 29.3 Å². The van der Waals surface area contributed by atoms with E-state index in [1.807, 2.05) is 0 Å². The molecule has 0 bridgehead atoms. The zero-order valence-corrected chi connectivity index (χ0v) is 14.0. The fraction of sp³-hybridized carbons (Fsp3) is 0.438. The number of rotatable bonds is 2. The van der Waals surface area contributed by atoms with Crippen LogP contribution in [-0.2, 0) is 9.59 Å². The smallest absolute Gasteiger partial charge is 0.394 e. The molecular formula is C16H16F3N3O5. The quantitative estimate of drug-likeness (QED) is 0.721. The van der Waals surface area contributed by atoms with E-state index in [-0.39, 0.29) is 11.6 Å². The summed E-state index contributed by atoms with van der Waals surface area (Å²) in [5.74, 6) is -5.42. The first-order chi connectivity index (χ1) is 12.6. The van der Waals surface area contributed by atoms with Gasteiger partial charge in [0.2, 0.25) is 0 Å². The Labute approximate surface area is 151 Å². The molecule has 27 heavy (non-hydrogen) atoms. The van der Waals surface area contributed by atoms with Gasteiger partial charge in [-0.3, -0.25) is 9.59 Å². The molecule has 3 rings (SSSR count). The van der Waals surface area contributed by atoms with E-state index < -0.39 is 49.2 Å². The van der Waals surface area contributed by atoms with Crippen LogP contribution in [0.4, 0.5) is 29.3 Å². The molecule has 0 radical (unpaired) electrons. The van der Waals surface area contributed by atoms with Crippen LogP contribution in [-0.4, -0.2) is 53.3 Å². The molecule has 2 aliphatic heterocycles. The van der Waals surface area contributed by atoms with Crippen molar-refractivity contribution in [2.75, 3.05) is 23.7 Å². The number of amides is 3. The van der Waals surface area contributed by atoms with Gasteiger partial charge in [-0.05, 0) is 25.1 Å². The van der Waals surface area contributed by atoms with Crippen LogP contribution in [0.5, 0.6) is 5.75 Å². The third kappa shape index (κ3) is 3.76. The minimum Gasteiger partial charge on any atom is -0.481 e. The molecule has 0 aliphatic carbocycles. The lowest BCUT2D eigenvalue weighted by Crippen LogP contribution is -2.35. The number of hydrogen-bond acceptors (Lipinski definition) is 4. The number of nitrogens with one attached hydrogen (secondary N) is 2. The Morgan fingerprint density at radius 2 is 2.04 bits per heavy atom. The van der Waals surface area contributed by atoms with Crippen LogP contribution in [0.25, 0.3) is 0 Å². The summed E-state index contributed by atoms with van der Waals surface area (Å²) >= 11 is 0. The van der Waals surface area contributed by atoms with Gasteiger partial charge >= 0.3 is 18.2 Å². The molecular weight excluding hydrogens is 371 g/mol. The van der Waals surface area contributed by atoms with Crippen molar-refractivity contribution < 1.29 is 37.4 Å². The maximum absolute atomic E-state index is 13.0. The van der Waals surface area contributed by atoms with E-state index in [1.165, 1.54) is 18.2 Å². The number of carbonyl (C=O) groups is 3. The molecule has 1 fully saturated rings. The summed E-state index contributed by atoms with van der Waals surface area (Å²) in [5, 5.41) is 14.0. The number of alkyl halides is 3. The van der Waals surface area contributed by atoms with Crippen molar-refractivity contribution in [3.63, 3.8) is 0 Å². The van der Waals surface area contributed by atoms with Crippen molar-refractivity contribution in [3.05, 3.63) is 18.2 Å². The molecule has 3 amide bonds. The topological polar surface area (TPSA) is 108 Å². The standard InChI is InChI=1S/C16H16F3N3O5/c1-7-13(23)21-11-4-8(2-3-12(11)27-7)20-15(26)22-5-9(14(24)25)10(6-22)16(17,18)19/h2-4,7,9-10H,5-6H2,1H3,(H,20,26)(H,21,23)(H,24,25)/t7?,9-,10-/m1/s1. The fourth-order valence-corrected chi connectivity index (χ4v) is 3.04. The summed E-state index contributed by atoms with van der Waals surface area (Å²) < 4.78 is 44.4. The van der Waals surface area contributed by atoms with Gasteiger partial charge in [0, 0.05) is 18.8 Å². The van der Waals surface area contributed by atoms with E-state index in [9.17, 15) is 27.6 Å². The summed E-state index contributed by atoms with van der Waals surface area (Å²) in [4.78, 5) is 35.8. The van der Waals surface area contributed by atoms with Crippen LogP contribution in [0.15, 0.2) is 18.2 Å². The third-order valence-electron chi connectivity index (χ3n) is 4.51. The van der Waals surface area contributed by atoms with Crippen molar-refractivity contribution in [1.82, 2.24) is 4.90 Å². The van der Waals surface area contributed by atoms with Crippen molar-refractivity contribution in [2.45, 2.75) is 19.2 Å². The van der Waals surface area contributed by atoms with Gasteiger partial charge in [-0.25, -0.2) is 4.79 Å². The molecule has 2 aliphatic rings. The van der Waals surface area contributed by atoms with Crippen LogP contribution in [0.1, 0.15) is 6.92 Å². The van der Waals surface area contributed by atoms with E-state index in [2.05, 4.69) is 10.6 Å². The lowest BCUT2D eigenvalue weighted by atomic mass is 9.96. The number of fused-ring (bicyclic) bond motifs is 1. The Balaban J connectivity index is 1.72. The lowest BCUT2D eigenvalue weighted by Gasteiger charge is -2.24. The summed E-state index contributed by atoms with van der Waals surface area (Å²) in [7, 11) is 0. The number of benzene rings is 1. The van der Waals surface area contributed by atoms with E-state index in [1.54, 1.807) is 6.92 Å². The summed E-state index contributed by atoms with van der Waals surface area (Å²) in [6.45, 7) is 0.277. The van der Waals surface area contributed by atoms with Gasteiger partial charge in [0.05, 0.1) is 17.5 Å². The van der Waals surface area contributed by atoms with Gasteiger partial charge in [-0.2, -0.15) is 13.2 Å². The molecule has 0 spiro atoms. The Morgan fingerprint density at radius 3 is 2.63 bits per heavy atom. The molecule has 146 valence electrons. The Kier molecular flexibility index (Phi) is 4.62. The number of likely N-dealkylation sites (tertiary alicyclic amines) is 1. The van der Waals surface area contributed by atoms with E-state index in [0.29, 0.717) is 11.4 Å². The van der Waals surface area contributed by atoms with E-state index >= 15 is 0 Å². The van der Waals surface area contributed by atoms with Gasteiger partial charge in [0.25, 0.3) is 5.91 Å². The molecule has 3 N–H and O–H groups in total. The third-order valence-corrected chi connectivity index (χ3v) is 4.51. The van der Waals surface area contributed by atoms with E-state index in [0.717, 1.165) is 4.90 Å². The molecule has 1 aromatic carbocycles. The average Bonchev–Trinajstić information content (AvgIpc) is 3.02. The predicted octanol–water partition coefficient (Wildman–Crippen LogP) is 2.13. The number of ether oxygens (including phenoxy) is 1. The number of urea groups is 1. The normalized spacial score (nSPS) is 24.7. The first-order valence-electron chi connectivity index (χ1n) is 8.03. The molecule has 0 aromatic heterocycles. The molecule has 2 heterocycles. The summed E-state index contributed by atoms with van der Waals surface area (Å²) in [6, 6.07) is 3.52. The number of carboxylic acid groups (broad SMARTS) is 1. The second-order valence-corrected chi connectivity index (χ2v) is 6.39. The number of carboxylic acids is 1. The van der Waals surface area contributed by atoms with Crippen LogP contribution in [0, 0.1) is 11.8 Å². The average molecular weight is 387 g/mol. The Hall–Kier alpha value is -2.98. The predicted molar refractivity (Wildman–Crippen MR) is 86.4 cm³/mol.